The number of hydrogen-bond donors (Lipinski definition) is 2. The Morgan fingerprint density at radius 2 is 2.33 bits per heavy atom. The van der Waals surface area contributed by atoms with Gasteiger partial charge in [0, 0.05) is 6.54 Å². The Balaban J connectivity index is 0.00000162. The Morgan fingerprint density at radius 3 is 2.94 bits per heavy atom. The number of aromatic nitrogens is 1. The molecule has 2 heterocycles. The molecule has 0 atom stereocenters. The van der Waals surface area contributed by atoms with Crippen LogP contribution in [0, 0.1) is 5.92 Å². The number of hydrogen-bond acceptors (Lipinski definition) is 5. The Hall–Kier alpha value is -0.543. The topological polar surface area (TPSA) is 65.5 Å². The predicted octanol–water partition coefficient (Wildman–Crippen LogP) is -1.29. The summed E-state index contributed by atoms with van der Waals surface area (Å²) in [6.45, 7) is 3.06. The Bertz CT molecular complexity index is 397. The summed E-state index contributed by atoms with van der Waals surface area (Å²) in [6.07, 6.45) is 2.33. The van der Waals surface area contributed by atoms with Crippen molar-refractivity contribution in [1.82, 2.24) is 9.88 Å². The van der Waals surface area contributed by atoms with E-state index in [0.29, 0.717) is 16.6 Å². The van der Waals surface area contributed by atoms with Crippen molar-refractivity contribution in [3.8, 4) is 0 Å². The molecule has 1 aliphatic heterocycles. The van der Waals surface area contributed by atoms with Gasteiger partial charge in [0.15, 0.2) is 10.7 Å². The third-order valence-corrected chi connectivity index (χ3v) is 3.97. The number of carboxylic acids is 1. The summed E-state index contributed by atoms with van der Waals surface area (Å²) in [5, 5.41) is 12.1. The SMILES string of the molecule is CN1CCC(CNc2ncsc2C(=O)O)CC1.[H-].[Li+]. The minimum absolute atomic E-state index is 0. The number of thiazole rings is 1. The van der Waals surface area contributed by atoms with E-state index in [1.54, 1.807) is 5.51 Å². The summed E-state index contributed by atoms with van der Waals surface area (Å²) < 4.78 is 0. The molecule has 0 saturated carbocycles. The van der Waals surface area contributed by atoms with E-state index in [1.165, 1.54) is 0 Å². The smallest absolute Gasteiger partial charge is 1.00 e. The number of likely N-dealkylation sites (tertiary alicyclic amines) is 1. The fourth-order valence-electron chi connectivity index (χ4n) is 2.03. The van der Waals surface area contributed by atoms with Crippen LogP contribution in [0.3, 0.4) is 0 Å². The molecule has 0 spiro atoms. The summed E-state index contributed by atoms with van der Waals surface area (Å²) in [4.78, 5) is 17.6. The van der Waals surface area contributed by atoms with Gasteiger partial charge in [-0.3, -0.25) is 0 Å². The van der Waals surface area contributed by atoms with Gasteiger partial charge in [-0.15, -0.1) is 11.3 Å². The average Bonchev–Trinajstić information content (AvgIpc) is 2.76. The number of nitrogens with one attached hydrogen (secondary N) is 1. The van der Waals surface area contributed by atoms with E-state index in [4.69, 9.17) is 5.11 Å². The molecular formula is C11H18LiN3O2S. The second-order valence-corrected chi connectivity index (χ2v) is 5.32. The van der Waals surface area contributed by atoms with Gasteiger partial charge >= 0.3 is 24.8 Å². The minimum Gasteiger partial charge on any atom is -1.00 e. The van der Waals surface area contributed by atoms with Gasteiger partial charge in [-0.1, -0.05) is 0 Å². The predicted molar refractivity (Wildman–Crippen MR) is 68.9 cm³/mol. The second-order valence-electron chi connectivity index (χ2n) is 4.46. The Kier molecular flexibility index (Phi) is 6.16. The third kappa shape index (κ3) is 3.99. The van der Waals surface area contributed by atoms with Gasteiger partial charge in [0.1, 0.15) is 0 Å². The zero-order valence-corrected chi connectivity index (χ0v) is 11.7. The zero-order valence-electron chi connectivity index (χ0n) is 11.8. The van der Waals surface area contributed by atoms with Gasteiger partial charge in [-0.05, 0) is 38.9 Å². The molecular weight excluding hydrogens is 245 g/mol. The van der Waals surface area contributed by atoms with Crippen LogP contribution in [0.1, 0.15) is 23.9 Å². The number of aromatic carboxylic acids is 1. The number of carboxylic acid groups (broad SMARTS) is 1. The standard InChI is InChI=1S/C11H17N3O2S.Li.H/c1-14-4-2-8(3-5-14)6-12-10-9(11(15)16)17-7-13-10;;/h7-8,12H,2-6H2,1H3,(H,15,16);;/q;+1;-1. The van der Waals surface area contributed by atoms with Gasteiger partial charge < -0.3 is 16.7 Å². The van der Waals surface area contributed by atoms with Gasteiger partial charge in [-0.2, -0.15) is 0 Å². The van der Waals surface area contributed by atoms with Crippen LogP contribution < -0.4 is 24.2 Å². The molecule has 7 heteroatoms. The molecule has 2 rings (SSSR count). The van der Waals surface area contributed by atoms with Crippen molar-refractivity contribution in [2.45, 2.75) is 12.8 Å². The van der Waals surface area contributed by atoms with Gasteiger partial charge in [0.25, 0.3) is 0 Å². The van der Waals surface area contributed by atoms with Crippen LogP contribution in [-0.4, -0.2) is 47.6 Å². The van der Waals surface area contributed by atoms with E-state index in [0.717, 1.165) is 43.8 Å². The van der Waals surface area contributed by atoms with E-state index in [-0.39, 0.29) is 20.3 Å². The van der Waals surface area contributed by atoms with E-state index in [9.17, 15) is 4.79 Å². The van der Waals surface area contributed by atoms with Crippen LogP contribution in [0.5, 0.6) is 0 Å². The van der Waals surface area contributed by atoms with Crippen LogP contribution in [-0.2, 0) is 0 Å². The van der Waals surface area contributed by atoms with Crippen molar-refractivity contribution >= 4 is 23.1 Å². The van der Waals surface area contributed by atoms with Crippen molar-refractivity contribution in [3.05, 3.63) is 10.4 Å². The molecule has 0 aromatic carbocycles. The first-order chi connectivity index (χ1) is 8.16. The normalized spacial score (nSPS) is 17.2. The molecule has 18 heavy (non-hydrogen) atoms. The molecule has 1 saturated heterocycles. The molecule has 0 unspecified atom stereocenters. The van der Waals surface area contributed by atoms with Crippen LogP contribution in [0.25, 0.3) is 0 Å². The number of piperidine rings is 1. The van der Waals surface area contributed by atoms with Gasteiger partial charge in [-0.25, -0.2) is 9.78 Å². The maximum absolute atomic E-state index is 10.9. The molecule has 1 aromatic heterocycles. The van der Waals surface area contributed by atoms with Crippen molar-refractivity contribution in [3.63, 3.8) is 0 Å². The first kappa shape index (κ1) is 15.5. The molecule has 0 bridgehead atoms. The van der Waals surface area contributed by atoms with E-state index < -0.39 is 5.97 Å². The number of nitrogens with zero attached hydrogens (tertiary/aromatic N) is 2. The number of rotatable bonds is 4. The fraction of sp³-hybridized carbons (Fsp3) is 0.636. The minimum atomic E-state index is -0.904. The number of anilines is 1. The zero-order chi connectivity index (χ0) is 12.3. The average molecular weight is 263 g/mol. The summed E-state index contributed by atoms with van der Waals surface area (Å²) in [5.74, 6) is 0.231. The van der Waals surface area contributed by atoms with Crippen LogP contribution in [0.15, 0.2) is 5.51 Å². The Morgan fingerprint density at radius 1 is 1.67 bits per heavy atom. The Labute approximate surface area is 124 Å². The first-order valence-corrected chi connectivity index (χ1v) is 6.64. The molecule has 0 aliphatic carbocycles. The third-order valence-electron chi connectivity index (χ3n) is 3.16. The summed E-state index contributed by atoms with van der Waals surface area (Å²) in [6, 6.07) is 0. The van der Waals surface area contributed by atoms with E-state index in [1.807, 2.05) is 0 Å². The molecule has 1 fully saturated rings. The largest absolute Gasteiger partial charge is 1.00 e. The van der Waals surface area contributed by atoms with Gasteiger partial charge in [0.05, 0.1) is 5.51 Å². The maximum Gasteiger partial charge on any atom is 1.00 e. The van der Waals surface area contributed by atoms with Crippen molar-refractivity contribution in [2.75, 3.05) is 32.0 Å². The van der Waals surface area contributed by atoms with Crippen LogP contribution in [0.4, 0.5) is 5.82 Å². The molecule has 0 amide bonds. The molecule has 96 valence electrons. The van der Waals surface area contributed by atoms with Crippen LogP contribution >= 0.6 is 11.3 Å². The van der Waals surface area contributed by atoms with E-state index >= 15 is 0 Å². The van der Waals surface area contributed by atoms with Crippen molar-refractivity contribution < 1.29 is 30.2 Å². The first-order valence-electron chi connectivity index (χ1n) is 5.76. The maximum atomic E-state index is 10.9. The summed E-state index contributed by atoms with van der Waals surface area (Å²) in [5.41, 5.74) is 1.57. The van der Waals surface area contributed by atoms with Crippen LogP contribution in [0.2, 0.25) is 0 Å². The fourth-order valence-corrected chi connectivity index (χ4v) is 2.63. The molecule has 2 N–H and O–H groups in total. The second kappa shape index (κ2) is 7.15. The number of carbonyl (C=O) groups is 1. The summed E-state index contributed by atoms with van der Waals surface area (Å²) >= 11 is 1.16. The summed E-state index contributed by atoms with van der Waals surface area (Å²) in [7, 11) is 2.13. The molecule has 1 aromatic rings. The van der Waals surface area contributed by atoms with E-state index in [2.05, 4.69) is 22.2 Å². The van der Waals surface area contributed by atoms with Gasteiger partial charge in [0.2, 0.25) is 0 Å². The molecule has 1 aliphatic rings. The quantitative estimate of drug-likeness (QED) is 0.662. The monoisotopic (exact) mass is 263 g/mol. The van der Waals surface area contributed by atoms with Crippen molar-refractivity contribution in [1.29, 1.82) is 0 Å². The molecule has 5 nitrogen and oxygen atoms in total. The van der Waals surface area contributed by atoms with Crippen molar-refractivity contribution in [2.24, 2.45) is 5.92 Å². The molecule has 0 radical (unpaired) electrons.